The van der Waals surface area contributed by atoms with E-state index >= 15 is 0 Å². The normalized spacial score (nSPS) is 27.6. The first-order chi connectivity index (χ1) is 14.8. The summed E-state index contributed by atoms with van der Waals surface area (Å²) in [6.07, 6.45) is -0.709. The van der Waals surface area contributed by atoms with Gasteiger partial charge >= 0.3 is 0 Å². The molecule has 0 amide bonds. The topological polar surface area (TPSA) is 101 Å². The molecule has 0 bridgehead atoms. The summed E-state index contributed by atoms with van der Waals surface area (Å²) in [7, 11) is 0. The molecule has 0 spiro atoms. The van der Waals surface area contributed by atoms with Gasteiger partial charge in [-0.15, -0.1) is 0 Å². The molecule has 10 heteroatoms. The van der Waals surface area contributed by atoms with Crippen molar-refractivity contribution in [1.29, 1.82) is 0 Å². The van der Waals surface area contributed by atoms with Crippen molar-refractivity contribution < 1.29 is 19.7 Å². The quantitative estimate of drug-likeness (QED) is 0.450. The number of fused-ring (bicyclic) bond motifs is 2. The minimum Gasteiger partial charge on any atom is -0.491 e. The number of pyridine rings is 1. The third kappa shape index (κ3) is 3.58. The van der Waals surface area contributed by atoms with Crippen LogP contribution in [0, 0.1) is 0 Å². The standard InChI is InChI=1S/C21H20Cl2N4O4/c1-21(29)15(9-30-12-4-2-11-3-5-16(22)26-14(11)8-12)31-20(17(21)28)27-7-6-13-18(23)24-10-25-19(13)27/h2-5,8,10,15,17,20,28-29H,6-7,9H2,1H3/t15-,17+,20-,21-/m1/s1. The number of ether oxygens (including phenoxy) is 2. The highest BCUT2D eigenvalue weighted by Gasteiger charge is 2.55. The van der Waals surface area contributed by atoms with E-state index in [1.54, 1.807) is 12.1 Å². The van der Waals surface area contributed by atoms with Crippen molar-refractivity contribution in [2.45, 2.75) is 37.4 Å². The lowest BCUT2D eigenvalue weighted by molar-refractivity contribution is -0.0758. The van der Waals surface area contributed by atoms with Gasteiger partial charge in [0.25, 0.3) is 0 Å². The molecule has 2 aromatic heterocycles. The average Bonchev–Trinajstić information content (AvgIpc) is 3.26. The first-order valence-electron chi connectivity index (χ1n) is 9.85. The molecule has 0 radical (unpaired) electrons. The summed E-state index contributed by atoms with van der Waals surface area (Å²) in [5.74, 6) is 1.17. The van der Waals surface area contributed by atoms with Crippen molar-refractivity contribution in [3.8, 4) is 5.75 Å². The number of hydrogen-bond acceptors (Lipinski definition) is 8. The Morgan fingerprint density at radius 3 is 2.90 bits per heavy atom. The van der Waals surface area contributed by atoms with Crippen LogP contribution in [-0.4, -0.2) is 62.4 Å². The Morgan fingerprint density at radius 2 is 2.06 bits per heavy atom. The highest BCUT2D eigenvalue weighted by molar-refractivity contribution is 6.30. The van der Waals surface area contributed by atoms with Gasteiger partial charge in [-0.1, -0.05) is 23.2 Å². The number of anilines is 1. The summed E-state index contributed by atoms with van der Waals surface area (Å²) in [5, 5.41) is 23.5. The molecule has 8 nitrogen and oxygen atoms in total. The fraction of sp³-hybridized carbons (Fsp3) is 0.381. The van der Waals surface area contributed by atoms with Gasteiger partial charge in [-0.2, -0.15) is 0 Å². The molecular weight excluding hydrogens is 443 g/mol. The molecule has 2 aliphatic heterocycles. The molecule has 2 N–H and O–H groups in total. The summed E-state index contributed by atoms with van der Waals surface area (Å²) in [4.78, 5) is 14.4. The van der Waals surface area contributed by atoms with Gasteiger partial charge < -0.3 is 24.6 Å². The summed E-state index contributed by atoms with van der Waals surface area (Å²) in [6, 6.07) is 9.07. The fourth-order valence-corrected chi connectivity index (χ4v) is 4.45. The Balaban J connectivity index is 1.33. The summed E-state index contributed by atoms with van der Waals surface area (Å²) >= 11 is 12.1. The van der Waals surface area contributed by atoms with Crippen LogP contribution in [0.15, 0.2) is 36.7 Å². The average molecular weight is 463 g/mol. The third-order valence-electron chi connectivity index (χ3n) is 5.91. The molecule has 2 aliphatic rings. The predicted molar refractivity (Wildman–Crippen MR) is 116 cm³/mol. The number of aromatic nitrogens is 3. The second-order valence-corrected chi connectivity index (χ2v) is 8.64. The van der Waals surface area contributed by atoms with Gasteiger partial charge in [0, 0.05) is 23.6 Å². The Kier molecular flexibility index (Phi) is 5.15. The van der Waals surface area contributed by atoms with Gasteiger partial charge in [-0.25, -0.2) is 15.0 Å². The highest BCUT2D eigenvalue weighted by Crippen LogP contribution is 2.39. The highest BCUT2D eigenvalue weighted by atomic mass is 35.5. The first kappa shape index (κ1) is 20.7. The van der Waals surface area contributed by atoms with Crippen LogP contribution < -0.4 is 9.64 Å². The van der Waals surface area contributed by atoms with Crippen LogP contribution in [0.4, 0.5) is 5.82 Å². The van der Waals surface area contributed by atoms with E-state index in [-0.39, 0.29) is 6.61 Å². The lowest BCUT2D eigenvalue weighted by Crippen LogP contribution is -2.50. The second-order valence-electron chi connectivity index (χ2n) is 7.90. The van der Waals surface area contributed by atoms with E-state index in [1.807, 2.05) is 23.1 Å². The molecule has 0 saturated carbocycles. The van der Waals surface area contributed by atoms with Crippen molar-refractivity contribution >= 4 is 39.9 Å². The minimum atomic E-state index is -1.53. The second kappa shape index (κ2) is 7.72. The van der Waals surface area contributed by atoms with Gasteiger partial charge in [0.15, 0.2) is 6.23 Å². The monoisotopic (exact) mass is 462 g/mol. The molecule has 4 atom stereocenters. The zero-order valence-electron chi connectivity index (χ0n) is 16.6. The molecule has 4 heterocycles. The number of benzene rings is 1. The summed E-state index contributed by atoms with van der Waals surface area (Å²) in [6.45, 7) is 2.13. The molecule has 1 fully saturated rings. The molecule has 1 aromatic carbocycles. The van der Waals surface area contributed by atoms with Crippen molar-refractivity contribution in [2.24, 2.45) is 0 Å². The molecular formula is C21H20Cl2N4O4. The molecule has 5 rings (SSSR count). The number of halogens is 2. The van der Waals surface area contributed by atoms with Gasteiger partial charge in [-0.05, 0) is 37.6 Å². The van der Waals surface area contributed by atoms with E-state index in [9.17, 15) is 10.2 Å². The maximum absolute atomic E-state index is 11.0. The Labute approximate surface area is 188 Å². The first-order valence-corrected chi connectivity index (χ1v) is 10.6. The maximum atomic E-state index is 11.0. The molecule has 0 aliphatic carbocycles. The van der Waals surface area contributed by atoms with Gasteiger partial charge in [0.1, 0.15) is 52.6 Å². The van der Waals surface area contributed by atoms with E-state index in [1.165, 1.54) is 13.3 Å². The summed E-state index contributed by atoms with van der Waals surface area (Å²) < 4.78 is 11.9. The van der Waals surface area contributed by atoms with E-state index in [0.717, 1.165) is 10.9 Å². The number of hydrogen-bond donors (Lipinski definition) is 2. The van der Waals surface area contributed by atoms with Crippen LogP contribution in [0.5, 0.6) is 5.75 Å². The smallest absolute Gasteiger partial charge is 0.161 e. The predicted octanol–water partition coefficient (Wildman–Crippen LogP) is 2.61. The zero-order valence-corrected chi connectivity index (χ0v) is 18.1. The Hall–Kier alpha value is -2.23. The minimum absolute atomic E-state index is 0.0395. The zero-order chi connectivity index (χ0) is 21.8. The van der Waals surface area contributed by atoms with Crippen LogP contribution in [0.2, 0.25) is 10.3 Å². The van der Waals surface area contributed by atoms with Crippen LogP contribution in [0.1, 0.15) is 12.5 Å². The largest absolute Gasteiger partial charge is 0.491 e. The van der Waals surface area contributed by atoms with Crippen LogP contribution >= 0.6 is 23.2 Å². The lowest BCUT2D eigenvalue weighted by Gasteiger charge is -2.29. The Morgan fingerprint density at radius 1 is 1.26 bits per heavy atom. The lowest BCUT2D eigenvalue weighted by atomic mass is 9.94. The number of nitrogens with zero attached hydrogens (tertiary/aromatic N) is 4. The van der Waals surface area contributed by atoms with Gasteiger partial charge in [-0.3, -0.25) is 0 Å². The fourth-order valence-electron chi connectivity index (χ4n) is 4.08. The molecule has 0 unspecified atom stereocenters. The molecule has 3 aromatic rings. The van der Waals surface area contributed by atoms with Crippen molar-refractivity contribution in [1.82, 2.24) is 15.0 Å². The molecule has 162 valence electrons. The van der Waals surface area contributed by atoms with E-state index in [2.05, 4.69) is 15.0 Å². The number of aliphatic hydroxyl groups excluding tert-OH is 1. The number of aliphatic hydroxyl groups is 2. The maximum Gasteiger partial charge on any atom is 0.161 e. The third-order valence-corrected chi connectivity index (χ3v) is 6.44. The SMILES string of the molecule is C[C@@]1(O)[C@@H](COc2ccc3ccc(Cl)nc3c2)O[C@@H](N2CCc3c(Cl)ncnc32)[C@@H]1O. The van der Waals surface area contributed by atoms with Gasteiger partial charge in [0.05, 0.1) is 5.52 Å². The summed E-state index contributed by atoms with van der Waals surface area (Å²) in [5.41, 5.74) is -0.0169. The molecule has 31 heavy (non-hydrogen) atoms. The van der Waals surface area contributed by atoms with E-state index < -0.39 is 24.0 Å². The van der Waals surface area contributed by atoms with Crippen molar-refractivity contribution in [3.05, 3.63) is 52.5 Å². The molecule has 1 saturated heterocycles. The van der Waals surface area contributed by atoms with E-state index in [4.69, 9.17) is 32.7 Å². The van der Waals surface area contributed by atoms with Gasteiger partial charge in [0.2, 0.25) is 0 Å². The van der Waals surface area contributed by atoms with Crippen molar-refractivity contribution in [2.75, 3.05) is 18.1 Å². The van der Waals surface area contributed by atoms with Crippen LogP contribution in [0.3, 0.4) is 0 Å². The Bertz CT molecular complexity index is 1150. The van der Waals surface area contributed by atoms with Crippen LogP contribution in [-0.2, 0) is 11.2 Å². The van der Waals surface area contributed by atoms with Crippen molar-refractivity contribution in [3.63, 3.8) is 0 Å². The number of rotatable bonds is 4. The van der Waals surface area contributed by atoms with Crippen LogP contribution in [0.25, 0.3) is 10.9 Å². The van der Waals surface area contributed by atoms with E-state index in [0.29, 0.717) is 40.4 Å².